The van der Waals surface area contributed by atoms with Gasteiger partial charge in [-0.05, 0) is 40.2 Å². The Morgan fingerprint density at radius 2 is 1.75 bits per heavy atom. The van der Waals surface area contributed by atoms with Crippen molar-refractivity contribution in [1.29, 1.82) is 0 Å². The molecule has 1 aromatic rings. The van der Waals surface area contributed by atoms with E-state index in [0.717, 1.165) is 11.1 Å². The summed E-state index contributed by atoms with van der Waals surface area (Å²) >= 11 is 0. The van der Waals surface area contributed by atoms with E-state index < -0.39 is 0 Å². The number of allylic oxidation sites excluding steroid dienone is 1. The average Bonchev–Trinajstić information content (AvgIpc) is 2.24. The maximum absolute atomic E-state index is 11.8. The standard InChI is InChI=1S/C18H26O2/c1-17(2,3)12-14(19)9-7-13-8-10-16(20)15(11-13)18(4,5)6/h7-11,20H,12H2,1-6H3. The summed E-state index contributed by atoms with van der Waals surface area (Å²) < 4.78 is 0. The fraction of sp³-hybridized carbons (Fsp3) is 0.500. The lowest BCUT2D eigenvalue weighted by molar-refractivity contribution is -0.116. The van der Waals surface area contributed by atoms with Crippen LogP contribution in [0.2, 0.25) is 0 Å². The molecule has 0 amide bonds. The monoisotopic (exact) mass is 274 g/mol. The molecular formula is C18H26O2. The molecule has 110 valence electrons. The van der Waals surface area contributed by atoms with Crippen LogP contribution in [-0.4, -0.2) is 10.9 Å². The van der Waals surface area contributed by atoms with Gasteiger partial charge in [-0.2, -0.15) is 0 Å². The van der Waals surface area contributed by atoms with Gasteiger partial charge in [0, 0.05) is 6.42 Å². The number of hydrogen-bond acceptors (Lipinski definition) is 2. The van der Waals surface area contributed by atoms with Crippen LogP contribution >= 0.6 is 0 Å². The first kappa shape index (κ1) is 16.5. The van der Waals surface area contributed by atoms with E-state index in [2.05, 4.69) is 41.5 Å². The number of carbonyl (C=O) groups excluding carboxylic acids is 1. The number of hydrogen-bond donors (Lipinski definition) is 1. The molecule has 0 aromatic heterocycles. The normalized spacial score (nSPS) is 12.9. The Kier molecular flexibility index (Phi) is 4.80. The highest BCUT2D eigenvalue weighted by Gasteiger charge is 2.18. The topological polar surface area (TPSA) is 37.3 Å². The maximum Gasteiger partial charge on any atom is 0.156 e. The van der Waals surface area contributed by atoms with Crippen molar-refractivity contribution < 1.29 is 9.90 Å². The first-order chi connectivity index (χ1) is 8.99. The zero-order valence-corrected chi connectivity index (χ0v) is 13.4. The fourth-order valence-electron chi connectivity index (χ4n) is 2.03. The van der Waals surface area contributed by atoms with E-state index in [1.54, 1.807) is 12.1 Å². The van der Waals surface area contributed by atoms with Crippen LogP contribution < -0.4 is 0 Å². The molecule has 0 aliphatic rings. The van der Waals surface area contributed by atoms with Gasteiger partial charge in [0.15, 0.2) is 5.78 Å². The zero-order valence-electron chi connectivity index (χ0n) is 13.4. The molecule has 1 aromatic carbocycles. The van der Waals surface area contributed by atoms with Gasteiger partial charge in [-0.15, -0.1) is 0 Å². The molecule has 2 nitrogen and oxygen atoms in total. The molecule has 0 heterocycles. The molecule has 0 bridgehead atoms. The predicted molar refractivity (Wildman–Crippen MR) is 84.9 cm³/mol. The van der Waals surface area contributed by atoms with Gasteiger partial charge >= 0.3 is 0 Å². The second-order valence-corrected chi connectivity index (χ2v) is 7.56. The van der Waals surface area contributed by atoms with Gasteiger partial charge in [0.1, 0.15) is 5.75 Å². The summed E-state index contributed by atoms with van der Waals surface area (Å²) in [5.74, 6) is 0.429. The highest BCUT2D eigenvalue weighted by molar-refractivity contribution is 5.93. The highest BCUT2D eigenvalue weighted by Crippen LogP contribution is 2.31. The molecule has 0 saturated carbocycles. The lowest BCUT2D eigenvalue weighted by atomic mass is 9.85. The number of phenolic OH excluding ortho intramolecular Hbond substituents is 1. The summed E-state index contributed by atoms with van der Waals surface area (Å²) in [6, 6.07) is 5.45. The summed E-state index contributed by atoms with van der Waals surface area (Å²) in [5, 5.41) is 9.91. The summed E-state index contributed by atoms with van der Waals surface area (Å²) in [5.41, 5.74) is 1.72. The van der Waals surface area contributed by atoms with E-state index >= 15 is 0 Å². The molecule has 0 saturated heterocycles. The molecule has 0 unspecified atom stereocenters. The van der Waals surface area contributed by atoms with Gasteiger partial charge in [0.25, 0.3) is 0 Å². The number of ketones is 1. The highest BCUT2D eigenvalue weighted by atomic mass is 16.3. The van der Waals surface area contributed by atoms with Gasteiger partial charge in [-0.25, -0.2) is 0 Å². The quantitative estimate of drug-likeness (QED) is 0.811. The van der Waals surface area contributed by atoms with Crippen LogP contribution in [0.25, 0.3) is 6.08 Å². The Labute approximate surface area is 122 Å². The third-order valence-electron chi connectivity index (χ3n) is 2.99. The second-order valence-electron chi connectivity index (χ2n) is 7.56. The largest absolute Gasteiger partial charge is 0.508 e. The summed E-state index contributed by atoms with van der Waals surface area (Å²) in [6.45, 7) is 12.3. The van der Waals surface area contributed by atoms with Crippen molar-refractivity contribution in [1.82, 2.24) is 0 Å². The van der Waals surface area contributed by atoms with Gasteiger partial charge in [0.2, 0.25) is 0 Å². The Balaban J connectivity index is 2.92. The fourth-order valence-corrected chi connectivity index (χ4v) is 2.03. The van der Waals surface area contributed by atoms with Crippen LogP contribution in [-0.2, 0) is 10.2 Å². The molecular weight excluding hydrogens is 248 g/mol. The molecule has 0 radical (unpaired) electrons. The first-order valence-corrected chi connectivity index (χ1v) is 7.03. The number of phenols is 1. The van der Waals surface area contributed by atoms with Gasteiger partial charge in [-0.3, -0.25) is 4.79 Å². The van der Waals surface area contributed by atoms with Gasteiger partial charge in [0.05, 0.1) is 0 Å². The van der Waals surface area contributed by atoms with E-state index in [4.69, 9.17) is 0 Å². The lowest BCUT2D eigenvalue weighted by Gasteiger charge is -2.20. The molecule has 0 atom stereocenters. The van der Waals surface area contributed by atoms with Crippen LogP contribution in [0, 0.1) is 5.41 Å². The van der Waals surface area contributed by atoms with E-state index in [1.807, 2.05) is 18.2 Å². The molecule has 1 N–H and O–H groups in total. The molecule has 1 rings (SSSR count). The van der Waals surface area contributed by atoms with Gasteiger partial charge < -0.3 is 5.11 Å². The zero-order chi connectivity index (χ0) is 15.6. The van der Waals surface area contributed by atoms with Crippen LogP contribution in [0.1, 0.15) is 59.1 Å². The van der Waals surface area contributed by atoms with Crippen molar-refractivity contribution in [3.63, 3.8) is 0 Å². The smallest absolute Gasteiger partial charge is 0.156 e. The van der Waals surface area contributed by atoms with E-state index in [0.29, 0.717) is 12.2 Å². The number of rotatable bonds is 3. The Morgan fingerprint density at radius 3 is 2.25 bits per heavy atom. The van der Waals surface area contributed by atoms with Crippen molar-refractivity contribution >= 4 is 11.9 Å². The summed E-state index contributed by atoms with van der Waals surface area (Å²) in [4.78, 5) is 11.8. The Hall–Kier alpha value is -1.57. The molecule has 0 aliphatic carbocycles. The molecule has 20 heavy (non-hydrogen) atoms. The molecule has 2 heteroatoms. The third kappa shape index (κ3) is 5.20. The second kappa shape index (κ2) is 5.82. The SMILES string of the molecule is CC(C)(C)CC(=O)C=Cc1ccc(O)c(C(C)(C)C)c1. The van der Waals surface area contributed by atoms with Crippen molar-refractivity contribution in [2.24, 2.45) is 5.41 Å². The Morgan fingerprint density at radius 1 is 1.15 bits per heavy atom. The lowest BCUT2D eigenvalue weighted by Crippen LogP contribution is -2.11. The first-order valence-electron chi connectivity index (χ1n) is 7.03. The minimum Gasteiger partial charge on any atom is -0.508 e. The van der Waals surface area contributed by atoms with Crippen LogP contribution in [0.3, 0.4) is 0 Å². The van der Waals surface area contributed by atoms with Crippen molar-refractivity contribution in [3.8, 4) is 5.75 Å². The van der Waals surface area contributed by atoms with Gasteiger partial charge in [-0.1, -0.05) is 53.7 Å². The van der Waals surface area contributed by atoms with E-state index in [-0.39, 0.29) is 16.6 Å². The third-order valence-corrected chi connectivity index (χ3v) is 2.99. The van der Waals surface area contributed by atoms with E-state index in [9.17, 15) is 9.90 Å². The molecule has 0 fully saturated rings. The van der Waals surface area contributed by atoms with Crippen molar-refractivity contribution in [2.45, 2.75) is 53.4 Å². The minimum absolute atomic E-state index is 0.00689. The summed E-state index contributed by atoms with van der Waals surface area (Å²) in [6.07, 6.45) is 3.99. The average molecular weight is 274 g/mol. The maximum atomic E-state index is 11.8. The van der Waals surface area contributed by atoms with E-state index in [1.165, 1.54) is 0 Å². The van der Waals surface area contributed by atoms with Crippen LogP contribution in [0.15, 0.2) is 24.3 Å². The number of aromatic hydroxyl groups is 1. The van der Waals surface area contributed by atoms with Crippen LogP contribution in [0.4, 0.5) is 0 Å². The Bertz CT molecular complexity index is 511. The minimum atomic E-state index is -0.122. The van der Waals surface area contributed by atoms with Crippen LogP contribution in [0.5, 0.6) is 5.75 Å². The molecule has 0 aliphatic heterocycles. The summed E-state index contributed by atoms with van der Waals surface area (Å²) in [7, 11) is 0. The number of benzene rings is 1. The number of carbonyl (C=O) groups is 1. The van der Waals surface area contributed by atoms with Crippen molar-refractivity contribution in [2.75, 3.05) is 0 Å². The molecule has 0 spiro atoms. The van der Waals surface area contributed by atoms with Crippen molar-refractivity contribution in [3.05, 3.63) is 35.4 Å². The predicted octanol–water partition coefficient (Wildman–Crippen LogP) is 4.71.